The number of amides is 1. The maximum Gasteiger partial charge on any atom is 0.247 e. The van der Waals surface area contributed by atoms with E-state index in [1.807, 2.05) is 24.3 Å². The van der Waals surface area contributed by atoms with Gasteiger partial charge in [0, 0.05) is 24.5 Å². The second kappa shape index (κ2) is 11.4. The van der Waals surface area contributed by atoms with Gasteiger partial charge in [0.05, 0.1) is 12.7 Å². The first-order valence-corrected chi connectivity index (χ1v) is 11.5. The number of nitrogens with zero attached hydrogens (tertiary/aromatic N) is 4. The third-order valence-electron chi connectivity index (χ3n) is 5.73. The molecule has 1 amide bonds. The second-order valence-corrected chi connectivity index (χ2v) is 8.39. The molecule has 1 aliphatic heterocycles. The Hall–Kier alpha value is -4.05. The molecule has 2 aromatic carbocycles. The number of benzene rings is 2. The van der Waals surface area contributed by atoms with Crippen LogP contribution in [0, 0.1) is 0 Å². The maximum absolute atomic E-state index is 11.7. The molecule has 1 atom stereocenters. The summed E-state index contributed by atoms with van der Waals surface area (Å²) in [6.45, 7) is 3.52. The Morgan fingerprint density at radius 1 is 1.09 bits per heavy atom. The number of aromatic nitrogens is 3. The van der Waals surface area contributed by atoms with Gasteiger partial charge in [-0.2, -0.15) is 4.98 Å². The van der Waals surface area contributed by atoms with Crippen molar-refractivity contribution >= 4 is 35.0 Å². The molecule has 35 heavy (non-hydrogen) atoms. The predicted molar refractivity (Wildman–Crippen MR) is 133 cm³/mol. The van der Waals surface area contributed by atoms with Crippen molar-refractivity contribution in [3.8, 4) is 0 Å². The molecule has 0 bridgehead atoms. The molecule has 1 aliphatic rings. The minimum Gasteiger partial charge on any atom is -0.373 e. The zero-order valence-electron chi connectivity index (χ0n) is 19.6. The van der Waals surface area contributed by atoms with Gasteiger partial charge in [-0.25, -0.2) is 9.97 Å². The van der Waals surface area contributed by atoms with E-state index in [-0.39, 0.29) is 11.9 Å². The molecule has 10 nitrogen and oxygen atoms in total. The van der Waals surface area contributed by atoms with Gasteiger partial charge in [-0.05, 0) is 43.5 Å². The lowest BCUT2D eigenvalue weighted by atomic mass is 10.1. The molecule has 0 radical (unpaired) electrons. The van der Waals surface area contributed by atoms with Gasteiger partial charge < -0.3 is 26.0 Å². The molecule has 0 saturated carbocycles. The van der Waals surface area contributed by atoms with Gasteiger partial charge in [0.25, 0.3) is 0 Å². The average Bonchev–Trinajstić information content (AvgIpc) is 2.87. The average molecular weight is 476 g/mol. The molecule has 10 heteroatoms. The van der Waals surface area contributed by atoms with Gasteiger partial charge in [0.1, 0.15) is 6.33 Å². The van der Waals surface area contributed by atoms with Crippen LogP contribution in [0.15, 0.2) is 60.9 Å². The fourth-order valence-electron chi connectivity index (χ4n) is 3.87. The maximum atomic E-state index is 11.7. The number of primary amides is 1. The Morgan fingerprint density at radius 3 is 2.54 bits per heavy atom. The van der Waals surface area contributed by atoms with Gasteiger partial charge in [0.2, 0.25) is 17.8 Å². The van der Waals surface area contributed by atoms with Crippen LogP contribution in [-0.4, -0.2) is 51.9 Å². The molecule has 3 aromatic rings. The quantitative estimate of drug-likeness (QED) is 0.378. The third kappa shape index (κ3) is 6.73. The number of rotatable bonds is 10. The number of hydrogen-bond acceptors (Lipinski definition) is 9. The van der Waals surface area contributed by atoms with Crippen LogP contribution in [0.2, 0.25) is 0 Å². The number of hydrogen-bond donors (Lipinski definition) is 3. The predicted octanol–water partition coefficient (Wildman–Crippen LogP) is 2.66. The molecule has 1 unspecified atom stereocenters. The molecule has 1 aromatic heterocycles. The van der Waals surface area contributed by atoms with E-state index in [0.29, 0.717) is 29.9 Å². The monoisotopic (exact) mass is 475 g/mol. The molecule has 0 spiro atoms. The number of carbonyl (C=O) groups excluding carboxylic acids is 2. The highest BCUT2D eigenvalue weighted by Gasteiger charge is 2.22. The summed E-state index contributed by atoms with van der Waals surface area (Å²) in [4.78, 5) is 38.4. The fourth-order valence-corrected chi connectivity index (χ4v) is 3.87. The summed E-state index contributed by atoms with van der Waals surface area (Å²) < 4.78 is 6.08. The van der Waals surface area contributed by atoms with Crippen LogP contribution >= 0.6 is 0 Å². The summed E-state index contributed by atoms with van der Waals surface area (Å²) in [5, 5.41) is 6.00. The largest absolute Gasteiger partial charge is 0.373 e. The fraction of sp³-hybridized carbons (Fsp3) is 0.320. The Labute approximate surface area is 203 Å². The number of anilines is 4. The van der Waals surface area contributed by atoms with Crippen molar-refractivity contribution < 1.29 is 14.3 Å². The van der Waals surface area contributed by atoms with Crippen LogP contribution in [0.4, 0.5) is 23.3 Å². The summed E-state index contributed by atoms with van der Waals surface area (Å²) in [5.41, 5.74) is 7.74. The van der Waals surface area contributed by atoms with Gasteiger partial charge in [-0.15, -0.1) is 0 Å². The van der Waals surface area contributed by atoms with Crippen molar-refractivity contribution in [2.75, 3.05) is 28.6 Å². The Balaban J connectivity index is 1.33. The van der Waals surface area contributed by atoms with Crippen molar-refractivity contribution in [2.45, 2.75) is 38.5 Å². The number of ketones is 1. The van der Waals surface area contributed by atoms with Crippen molar-refractivity contribution in [1.29, 1.82) is 0 Å². The molecular weight excluding hydrogens is 446 g/mol. The van der Waals surface area contributed by atoms with E-state index < -0.39 is 11.9 Å². The van der Waals surface area contributed by atoms with Crippen molar-refractivity contribution in [2.24, 2.45) is 5.73 Å². The highest BCUT2D eigenvalue weighted by atomic mass is 16.5. The van der Waals surface area contributed by atoms with Crippen molar-refractivity contribution in [3.05, 3.63) is 66.5 Å². The molecule has 0 aliphatic carbocycles. The first kappa shape index (κ1) is 24.1. The topological polar surface area (TPSA) is 135 Å². The lowest BCUT2D eigenvalue weighted by Crippen LogP contribution is -2.40. The zero-order chi connectivity index (χ0) is 24.6. The number of Topliss-reactive ketones (excluding diaryl/α,β-unsaturated/α-hetero) is 1. The van der Waals surface area contributed by atoms with E-state index >= 15 is 0 Å². The van der Waals surface area contributed by atoms with E-state index in [2.05, 4.69) is 42.6 Å². The van der Waals surface area contributed by atoms with E-state index in [1.54, 1.807) is 18.2 Å². The lowest BCUT2D eigenvalue weighted by molar-refractivity contribution is -0.126. The highest BCUT2D eigenvalue weighted by molar-refractivity contribution is 6.06. The van der Waals surface area contributed by atoms with Gasteiger partial charge in [-0.1, -0.05) is 36.4 Å². The van der Waals surface area contributed by atoms with Gasteiger partial charge in [-0.3, -0.25) is 9.59 Å². The van der Waals surface area contributed by atoms with E-state index in [1.165, 1.54) is 18.8 Å². The first-order chi connectivity index (χ1) is 17.0. The number of nitrogens with one attached hydrogen (secondary N) is 2. The minimum atomic E-state index is -1.09. The SMILES string of the molecule is CC(=O)C(Nc1cccc(Nc2ncnc(N3CCC(OCc4ccccc4)CC3)n2)c1)C(N)=O. The number of piperidine rings is 1. The molecule has 4 N–H and O–H groups in total. The Kier molecular flexibility index (Phi) is 7.84. The summed E-state index contributed by atoms with van der Waals surface area (Å²) in [5.74, 6) is -0.0873. The molecular formula is C25H29N7O3. The zero-order valence-corrected chi connectivity index (χ0v) is 19.6. The summed E-state index contributed by atoms with van der Waals surface area (Å²) in [6, 6.07) is 16.2. The smallest absolute Gasteiger partial charge is 0.247 e. The number of carbonyl (C=O) groups is 2. The standard InChI is InChI=1S/C25H29N7O3/c1-17(33)22(23(26)34)29-19-8-5-9-20(14-19)30-24-27-16-28-25(31-24)32-12-10-21(11-13-32)35-15-18-6-3-2-4-7-18/h2-9,14,16,21-22,29H,10-13,15H2,1H3,(H2,26,34)(H,27,28,30,31). The first-order valence-electron chi connectivity index (χ1n) is 11.5. The Bertz CT molecular complexity index is 1140. The number of nitrogens with two attached hydrogens (primary N) is 1. The summed E-state index contributed by atoms with van der Waals surface area (Å²) >= 11 is 0. The van der Waals surface area contributed by atoms with Crippen LogP contribution in [-0.2, 0) is 20.9 Å². The molecule has 182 valence electrons. The molecule has 4 rings (SSSR count). The van der Waals surface area contributed by atoms with Crippen LogP contribution in [0.25, 0.3) is 0 Å². The van der Waals surface area contributed by atoms with E-state index in [9.17, 15) is 9.59 Å². The van der Waals surface area contributed by atoms with Crippen LogP contribution < -0.4 is 21.3 Å². The van der Waals surface area contributed by atoms with Crippen LogP contribution in [0.1, 0.15) is 25.3 Å². The van der Waals surface area contributed by atoms with Crippen LogP contribution in [0.5, 0.6) is 0 Å². The lowest BCUT2D eigenvalue weighted by Gasteiger charge is -2.31. The summed E-state index contributed by atoms with van der Waals surface area (Å²) in [7, 11) is 0. The van der Waals surface area contributed by atoms with E-state index in [0.717, 1.165) is 25.9 Å². The normalized spacial score (nSPS) is 14.8. The second-order valence-electron chi connectivity index (χ2n) is 8.39. The third-order valence-corrected chi connectivity index (χ3v) is 5.73. The minimum absolute atomic E-state index is 0.209. The van der Waals surface area contributed by atoms with Crippen molar-refractivity contribution in [3.63, 3.8) is 0 Å². The highest BCUT2D eigenvalue weighted by Crippen LogP contribution is 2.22. The molecule has 2 heterocycles. The van der Waals surface area contributed by atoms with Crippen LogP contribution in [0.3, 0.4) is 0 Å². The number of ether oxygens (including phenoxy) is 1. The summed E-state index contributed by atoms with van der Waals surface area (Å²) in [6.07, 6.45) is 3.47. The van der Waals surface area contributed by atoms with Crippen molar-refractivity contribution in [1.82, 2.24) is 15.0 Å². The molecule has 1 fully saturated rings. The van der Waals surface area contributed by atoms with Gasteiger partial charge >= 0.3 is 0 Å². The Morgan fingerprint density at radius 2 is 1.83 bits per heavy atom. The van der Waals surface area contributed by atoms with Gasteiger partial charge in [0.15, 0.2) is 11.8 Å². The molecule has 1 saturated heterocycles. The van der Waals surface area contributed by atoms with E-state index in [4.69, 9.17) is 10.5 Å².